The van der Waals surface area contributed by atoms with Gasteiger partial charge in [0.25, 0.3) is 0 Å². The smallest absolute Gasteiger partial charge is 0.309 e. The van der Waals surface area contributed by atoms with Crippen molar-refractivity contribution in [2.45, 2.75) is 18.7 Å². The van der Waals surface area contributed by atoms with Crippen LogP contribution in [-0.2, 0) is 14.9 Å². The van der Waals surface area contributed by atoms with Crippen molar-refractivity contribution in [1.29, 1.82) is 0 Å². The van der Waals surface area contributed by atoms with Gasteiger partial charge in [-0.3, -0.25) is 4.48 Å². The Morgan fingerprint density at radius 3 is 1.67 bits per heavy atom. The second-order valence-electron chi connectivity index (χ2n) is 4.80. The van der Waals surface area contributed by atoms with Gasteiger partial charge < -0.3 is 4.55 Å². The molecule has 5 nitrogen and oxygen atoms in total. The number of quaternary nitrogens is 1. The molecule has 0 bridgehead atoms. The molecule has 102 valence electrons. The minimum atomic E-state index is -4.27. The van der Waals surface area contributed by atoms with Crippen LogP contribution in [0.15, 0.2) is 29.2 Å². The average Bonchev–Trinajstić information content (AvgIpc) is 2.16. The van der Waals surface area contributed by atoms with Crippen LogP contribution >= 0.6 is 0 Å². The highest BCUT2D eigenvalue weighted by molar-refractivity contribution is 7.85. The van der Waals surface area contributed by atoms with Gasteiger partial charge in [-0.2, -0.15) is 0 Å². The number of benzene rings is 1. The standard InChI is InChI=1S/C7H8O3S.C5H12NO/c1-6-2-4-7(5-3-6)11(8,9)10;1-5(7)6(2,3)4/h2-5H,1H3,(H,8,9,10);1-4H3/q;+1/p-1. The number of nitrogens with zero attached hydrogens (tertiary/aromatic N) is 1. The van der Waals surface area contributed by atoms with E-state index in [0.717, 1.165) is 5.56 Å². The van der Waals surface area contributed by atoms with E-state index in [2.05, 4.69) is 0 Å². The number of aryl methyl sites for hydroxylation is 1. The molecular formula is C12H19NO4S. The van der Waals surface area contributed by atoms with Crippen LogP contribution in [-0.4, -0.2) is 44.5 Å². The van der Waals surface area contributed by atoms with Crippen molar-refractivity contribution in [2.24, 2.45) is 0 Å². The predicted molar refractivity (Wildman–Crippen MR) is 67.9 cm³/mol. The maximum absolute atomic E-state index is 10.4. The van der Waals surface area contributed by atoms with Gasteiger partial charge in [-0.15, -0.1) is 0 Å². The molecule has 1 aromatic carbocycles. The highest BCUT2D eigenvalue weighted by atomic mass is 32.2. The monoisotopic (exact) mass is 273 g/mol. The average molecular weight is 273 g/mol. The van der Waals surface area contributed by atoms with Gasteiger partial charge >= 0.3 is 5.91 Å². The molecule has 0 atom stereocenters. The molecule has 1 rings (SSSR count). The maximum atomic E-state index is 10.4. The van der Waals surface area contributed by atoms with E-state index in [1.807, 2.05) is 28.1 Å². The minimum Gasteiger partial charge on any atom is -0.744 e. The fourth-order valence-corrected chi connectivity index (χ4v) is 1.17. The van der Waals surface area contributed by atoms with Gasteiger partial charge in [-0.1, -0.05) is 17.7 Å². The van der Waals surface area contributed by atoms with E-state index in [0.29, 0.717) is 4.48 Å². The number of rotatable bonds is 1. The lowest BCUT2D eigenvalue weighted by Crippen LogP contribution is -2.38. The molecule has 1 aromatic rings. The summed E-state index contributed by atoms with van der Waals surface area (Å²) in [5.74, 6) is 0.181. The Kier molecular flexibility index (Phi) is 5.66. The third-order valence-corrected chi connectivity index (χ3v) is 3.10. The van der Waals surface area contributed by atoms with E-state index < -0.39 is 10.1 Å². The highest BCUT2D eigenvalue weighted by Gasteiger charge is 2.11. The fraction of sp³-hybridized carbons (Fsp3) is 0.417. The second-order valence-corrected chi connectivity index (χ2v) is 6.18. The van der Waals surface area contributed by atoms with Crippen LogP contribution in [0.3, 0.4) is 0 Å². The van der Waals surface area contributed by atoms with Crippen LogP contribution in [0.4, 0.5) is 0 Å². The molecule has 18 heavy (non-hydrogen) atoms. The largest absolute Gasteiger partial charge is 0.744 e. The van der Waals surface area contributed by atoms with Gasteiger partial charge in [0.15, 0.2) is 0 Å². The summed E-state index contributed by atoms with van der Waals surface area (Å²) in [7, 11) is 1.28. The van der Waals surface area contributed by atoms with Gasteiger partial charge in [-0.25, -0.2) is 13.2 Å². The van der Waals surface area contributed by atoms with Crippen molar-refractivity contribution in [3.63, 3.8) is 0 Å². The summed E-state index contributed by atoms with van der Waals surface area (Å²) in [4.78, 5) is 10.3. The van der Waals surface area contributed by atoms with Crippen LogP contribution in [0.2, 0.25) is 0 Å². The molecule has 0 unspecified atom stereocenters. The van der Waals surface area contributed by atoms with Crippen molar-refractivity contribution in [2.75, 3.05) is 21.1 Å². The van der Waals surface area contributed by atoms with Crippen LogP contribution < -0.4 is 0 Å². The summed E-state index contributed by atoms with van der Waals surface area (Å²) >= 11 is 0. The summed E-state index contributed by atoms with van der Waals surface area (Å²) in [5, 5.41) is 0. The number of amides is 1. The Bertz CT molecular complexity index is 498. The van der Waals surface area contributed by atoms with Gasteiger partial charge in [0.1, 0.15) is 10.1 Å². The lowest BCUT2D eigenvalue weighted by atomic mass is 10.2. The van der Waals surface area contributed by atoms with Crippen molar-refractivity contribution in [3.05, 3.63) is 29.8 Å². The normalized spacial score (nSPS) is 11.4. The van der Waals surface area contributed by atoms with E-state index in [4.69, 9.17) is 0 Å². The number of carbonyl (C=O) groups is 1. The van der Waals surface area contributed by atoms with Gasteiger partial charge in [0.2, 0.25) is 0 Å². The summed E-state index contributed by atoms with van der Waals surface area (Å²) < 4.78 is 31.6. The summed E-state index contributed by atoms with van der Waals surface area (Å²) in [6, 6.07) is 5.78. The zero-order chi connectivity index (χ0) is 14.6. The van der Waals surface area contributed by atoms with E-state index in [1.165, 1.54) is 12.1 Å². The molecule has 0 saturated heterocycles. The van der Waals surface area contributed by atoms with E-state index in [1.54, 1.807) is 19.1 Å². The first kappa shape index (κ1) is 16.8. The molecule has 0 aliphatic rings. The topological polar surface area (TPSA) is 74.3 Å². The Morgan fingerprint density at radius 2 is 1.44 bits per heavy atom. The second kappa shape index (κ2) is 6.08. The zero-order valence-electron chi connectivity index (χ0n) is 11.3. The lowest BCUT2D eigenvalue weighted by molar-refractivity contribution is -0.791. The first-order valence-corrected chi connectivity index (χ1v) is 6.70. The minimum absolute atomic E-state index is 0.178. The molecule has 0 fully saturated rings. The Labute approximate surface area is 108 Å². The van der Waals surface area contributed by atoms with Crippen molar-refractivity contribution >= 4 is 16.0 Å². The molecular weight excluding hydrogens is 254 g/mol. The van der Waals surface area contributed by atoms with Gasteiger partial charge in [0.05, 0.1) is 33.0 Å². The molecule has 0 radical (unpaired) electrons. The first-order chi connectivity index (χ1) is 7.94. The van der Waals surface area contributed by atoms with Gasteiger partial charge in [0, 0.05) is 0 Å². The molecule has 1 amide bonds. The molecule has 0 aromatic heterocycles. The summed E-state index contributed by atoms with van der Waals surface area (Å²) in [5.41, 5.74) is 0.928. The lowest BCUT2D eigenvalue weighted by Gasteiger charge is -2.17. The maximum Gasteiger partial charge on any atom is 0.309 e. The van der Waals surface area contributed by atoms with E-state index in [-0.39, 0.29) is 10.8 Å². The van der Waals surface area contributed by atoms with Crippen molar-refractivity contribution in [1.82, 2.24) is 0 Å². The third kappa shape index (κ3) is 6.48. The Morgan fingerprint density at radius 1 is 1.11 bits per heavy atom. The van der Waals surface area contributed by atoms with Crippen molar-refractivity contribution in [3.8, 4) is 0 Å². The van der Waals surface area contributed by atoms with Crippen LogP contribution in [0.5, 0.6) is 0 Å². The molecule has 6 heteroatoms. The molecule has 0 saturated carbocycles. The van der Waals surface area contributed by atoms with Crippen LogP contribution in [0.25, 0.3) is 0 Å². The van der Waals surface area contributed by atoms with Crippen molar-refractivity contribution < 1.29 is 22.2 Å². The van der Waals surface area contributed by atoms with E-state index >= 15 is 0 Å². The number of hydrogen-bond acceptors (Lipinski definition) is 4. The molecule has 0 spiro atoms. The summed E-state index contributed by atoms with van der Waals surface area (Å²) in [6.45, 7) is 3.40. The first-order valence-electron chi connectivity index (χ1n) is 5.29. The van der Waals surface area contributed by atoms with Crippen LogP contribution in [0, 0.1) is 6.92 Å². The van der Waals surface area contributed by atoms with E-state index in [9.17, 15) is 17.8 Å². The molecule has 0 aliphatic heterocycles. The highest BCUT2D eigenvalue weighted by Crippen LogP contribution is 2.08. The summed E-state index contributed by atoms with van der Waals surface area (Å²) in [6.07, 6.45) is 0. The Hall–Kier alpha value is -1.24. The third-order valence-electron chi connectivity index (χ3n) is 2.25. The Balaban J connectivity index is 0.000000360. The number of carbonyl (C=O) groups excluding carboxylic acids is 1. The fourth-order valence-electron chi connectivity index (χ4n) is 0.705. The predicted octanol–water partition coefficient (Wildman–Crippen LogP) is 1.14. The molecule has 0 aliphatic carbocycles. The SMILES string of the molecule is CC(=O)[N+](C)(C)C.Cc1ccc(S(=O)(=O)[O-])cc1. The van der Waals surface area contributed by atoms with Gasteiger partial charge in [-0.05, 0) is 19.1 Å². The van der Waals surface area contributed by atoms with Crippen LogP contribution in [0.1, 0.15) is 12.5 Å². The molecule has 0 heterocycles. The zero-order valence-corrected chi connectivity index (χ0v) is 12.1. The quantitative estimate of drug-likeness (QED) is 0.568. The number of hydrogen-bond donors (Lipinski definition) is 0. The molecule has 0 N–H and O–H groups in total.